The van der Waals surface area contributed by atoms with Gasteiger partial charge in [0.25, 0.3) is 5.69 Å². The number of nitro groups is 1. The second-order valence-corrected chi connectivity index (χ2v) is 5.21. The molecule has 5 heteroatoms. The number of non-ortho nitro benzene ring substituents is 1. The van der Waals surface area contributed by atoms with Crippen LogP contribution in [0.5, 0.6) is 0 Å². The van der Waals surface area contributed by atoms with Crippen molar-refractivity contribution in [2.75, 3.05) is 7.05 Å². The minimum Gasteiger partial charge on any atom is -0.339 e. The van der Waals surface area contributed by atoms with E-state index in [-0.39, 0.29) is 17.6 Å². The molecular weight excluding hydrogens is 256 g/mol. The van der Waals surface area contributed by atoms with E-state index in [1.807, 2.05) is 0 Å². The van der Waals surface area contributed by atoms with Gasteiger partial charge in [0.1, 0.15) is 0 Å². The number of likely N-dealkylation sites (N-methyl/N-ethyl adjacent to an activating group) is 1. The average molecular weight is 274 g/mol. The molecule has 1 fully saturated rings. The van der Waals surface area contributed by atoms with E-state index < -0.39 is 4.92 Å². The van der Waals surface area contributed by atoms with E-state index in [0.717, 1.165) is 0 Å². The molecule has 1 amide bonds. The number of nitro benzene ring substituents is 1. The number of amides is 1. The monoisotopic (exact) mass is 274 g/mol. The van der Waals surface area contributed by atoms with Gasteiger partial charge in [-0.15, -0.1) is 0 Å². The molecule has 1 unspecified atom stereocenters. The van der Waals surface area contributed by atoms with Crippen LogP contribution in [0.4, 0.5) is 5.69 Å². The first kappa shape index (κ1) is 14.2. The van der Waals surface area contributed by atoms with Gasteiger partial charge in [0.05, 0.1) is 4.92 Å². The number of carbonyl (C=O) groups excluding carboxylic acids is 1. The molecule has 0 saturated heterocycles. The van der Waals surface area contributed by atoms with Crippen molar-refractivity contribution in [3.63, 3.8) is 0 Å². The van der Waals surface area contributed by atoms with Crippen LogP contribution in [0.15, 0.2) is 30.3 Å². The van der Waals surface area contributed by atoms with Gasteiger partial charge in [-0.1, -0.05) is 12.1 Å². The molecule has 0 aromatic heterocycles. The molecular formula is C15H18N2O3. The topological polar surface area (TPSA) is 63.5 Å². The van der Waals surface area contributed by atoms with Crippen molar-refractivity contribution >= 4 is 17.7 Å². The molecule has 1 atom stereocenters. The van der Waals surface area contributed by atoms with Gasteiger partial charge < -0.3 is 4.90 Å². The molecule has 20 heavy (non-hydrogen) atoms. The van der Waals surface area contributed by atoms with Gasteiger partial charge in [0.2, 0.25) is 5.91 Å². The summed E-state index contributed by atoms with van der Waals surface area (Å²) in [5.74, 6) is 0.547. The summed E-state index contributed by atoms with van der Waals surface area (Å²) < 4.78 is 0. The predicted molar refractivity (Wildman–Crippen MR) is 77.1 cm³/mol. The van der Waals surface area contributed by atoms with E-state index >= 15 is 0 Å². The highest BCUT2D eigenvalue weighted by molar-refractivity contribution is 5.91. The van der Waals surface area contributed by atoms with Gasteiger partial charge in [-0.3, -0.25) is 14.9 Å². The molecule has 0 radical (unpaired) electrons. The molecule has 106 valence electrons. The van der Waals surface area contributed by atoms with E-state index in [0.29, 0.717) is 11.5 Å². The standard InChI is InChI=1S/C15H18N2O3/c1-11(13-7-8-13)16(2)15(18)9-6-12-4-3-5-14(10-12)17(19)20/h3-6,9-11,13H,7-8H2,1-2H3/b9-6+. The smallest absolute Gasteiger partial charge is 0.270 e. The molecule has 1 aliphatic carbocycles. The lowest BCUT2D eigenvalue weighted by molar-refractivity contribution is -0.384. The fourth-order valence-electron chi connectivity index (χ4n) is 2.12. The SMILES string of the molecule is CC(C1CC1)N(C)C(=O)/C=C/c1cccc([N+](=O)[O-])c1. The summed E-state index contributed by atoms with van der Waals surface area (Å²) in [5, 5.41) is 10.7. The highest BCUT2D eigenvalue weighted by Gasteiger charge is 2.31. The zero-order chi connectivity index (χ0) is 14.7. The maximum absolute atomic E-state index is 12.0. The van der Waals surface area contributed by atoms with Gasteiger partial charge in [0, 0.05) is 31.3 Å². The number of benzene rings is 1. The van der Waals surface area contributed by atoms with Crippen LogP contribution >= 0.6 is 0 Å². The summed E-state index contributed by atoms with van der Waals surface area (Å²) in [6.07, 6.45) is 5.46. The van der Waals surface area contributed by atoms with Gasteiger partial charge in [-0.2, -0.15) is 0 Å². The maximum Gasteiger partial charge on any atom is 0.270 e. The lowest BCUT2D eigenvalue weighted by Crippen LogP contribution is -2.35. The Labute approximate surface area is 118 Å². The van der Waals surface area contributed by atoms with Crippen LogP contribution in [-0.4, -0.2) is 28.8 Å². The molecule has 0 heterocycles. The van der Waals surface area contributed by atoms with Gasteiger partial charge >= 0.3 is 0 Å². The number of carbonyl (C=O) groups is 1. The van der Waals surface area contributed by atoms with Crippen molar-refractivity contribution in [3.8, 4) is 0 Å². The first-order valence-corrected chi connectivity index (χ1v) is 6.68. The van der Waals surface area contributed by atoms with E-state index in [9.17, 15) is 14.9 Å². The van der Waals surface area contributed by atoms with Crippen molar-refractivity contribution in [1.82, 2.24) is 4.90 Å². The van der Waals surface area contributed by atoms with Crippen molar-refractivity contribution < 1.29 is 9.72 Å². The van der Waals surface area contributed by atoms with Crippen LogP contribution in [0.3, 0.4) is 0 Å². The number of hydrogen-bond donors (Lipinski definition) is 0. The van der Waals surface area contributed by atoms with Crippen LogP contribution in [-0.2, 0) is 4.79 Å². The number of nitrogens with zero attached hydrogens (tertiary/aromatic N) is 2. The number of hydrogen-bond acceptors (Lipinski definition) is 3. The number of rotatable bonds is 5. The maximum atomic E-state index is 12.0. The van der Waals surface area contributed by atoms with E-state index in [1.54, 1.807) is 30.2 Å². The molecule has 0 bridgehead atoms. The van der Waals surface area contributed by atoms with Crippen molar-refractivity contribution in [2.24, 2.45) is 5.92 Å². The molecule has 1 aromatic carbocycles. The van der Waals surface area contributed by atoms with Crippen LogP contribution in [0.25, 0.3) is 6.08 Å². The zero-order valence-electron chi connectivity index (χ0n) is 11.7. The second kappa shape index (κ2) is 5.86. The highest BCUT2D eigenvalue weighted by Crippen LogP contribution is 2.34. The predicted octanol–water partition coefficient (Wildman–Crippen LogP) is 2.86. The Bertz CT molecular complexity index is 550. The Morgan fingerprint density at radius 3 is 2.80 bits per heavy atom. The quantitative estimate of drug-likeness (QED) is 0.471. The molecule has 0 aliphatic heterocycles. The molecule has 1 aliphatic rings. The molecule has 1 aromatic rings. The summed E-state index contributed by atoms with van der Waals surface area (Å²) in [6, 6.07) is 6.48. The van der Waals surface area contributed by atoms with Crippen molar-refractivity contribution in [3.05, 3.63) is 46.0 Å². The average Bonchev–Trinajstić information content (AvgIpc) is 3.28. The van der Waals surface area contributed by atoms with E-state index in [4.69, 9.17) is 0 Å². The summed E-state index contributed by atoms with van der Waals surface area (Å²) in [4.78, 5) is 24.0. The lowest BCUT2D eigenvalue weighted by Gasteiger charge is -2.23. The fourth-order valence-corrected chi connectivity index (χ4v) is 2.12. The van der Waals surface area contributed by atoms with Gasteiger partial charge in [-0.25, -0.2) is 0 Å². The Balaban J connectivity index is 2.02. The van der Waals surface area contributed by atoms with E-state index in [1.165, 1.54) is 31.1 Å². The summed E-state index contributed by atoms with van der Waals surface area (Å²) in [5.41, 5.74) is 0.680. The first-order chi connectivity index (χ1) is 9.49. The van der Waals surface area contributed by atoms with E-state index in [2.05, 4.69) is 6.92 Å². The largest absolute Gasteiger partial charge is 0.339 e. The highest BCUT2D eigenvalue weighted by atomic mass is 16.6. The molecule has 5 nitrogen and oxygen atoms in total. The Kier molecular flexibility index (Phi) is 4.17. The summed E-state index contributed by atoms with van der Waals surface area (Å²) in [7, 11) is 1.79. The lowest BCUT2D eigenvalue weighted by atomic mass is 10.1. The molecule has 1 saturated carbocycles. The van der Waals surface area contributed by atoms with Crippen LogP contribution < -0.4 is 0 Å². The third-order valence-electron chi connectivity index (χ3n) is 3.76. The van der Waals surface area contributed by atoms with Crippen molar-refractivity contribution in [2.45, 2.75) is 25.8 Å². The minimum atomic E-state index is -0.444. The fraction of sp³-hybridized carbons (Fsp3) is 0.400. The Morgan fingerprint density at radius 2 is 2.20 bits per heavy atom. The Hall–Kier alpha value is -2.17. The molecule has 2 rings (SSSR count). The molecule has 0 spiro atoms. The van der Waals surface area contributed by atoms with Crippen LogP contribution in [0, 0.1) is 16.0 Å². The summed E-state index contributed by atoms with van der Waals surface area (Å²) in [6.45, 7) is 2.05. The van der Waals surface area contributed by atoms with Crippen molar-refractivity contribution in [1.29, 1.82) is 0 Å². The minimum absolute atomic E-state index is 0.0271. The molecule has 0 N–H and O–H groups in total. The summed E-state index contributed by atoms with van der Waals surface area (Å²) >= 11 is 0. The van der Waals surface area contributed by atoms with Gasteiger partial charge in [-0.05, 0) is 37.3 Å². The second-order valence-electron chi connectivity index (χ2n) is 5.21. The third kappa shape index (κ3) is 3.44. The zero-order valence-corrected chi connectivity index (χ0v) is 11.7. The Morgan fingerprint density at radius 1 is 1.50 bits per heavy atom. The van der Waals surface area contributed by atoms with Crippen LogP contribution in [0.2, 0.25) is 0 Å². The first-order valence-electron chi connectivity index (χ1n) is 6.68. The normalized spacial score (nSPS) is 16.1. The van der Waals surface area contributed by atoms with Crippen LogP contribution in [0.1, 0.15) is 25.3 Å². The third-order valence-corrected chi connectivity index (χ3v) is 3.76. The van der Waals surface area contributed by atoms with Gasteiger partial charge in [0.15, 0.2) is 0 Å².